The van der Waals surface area contributed by atoms with Gasteiger partial charge in [0.05, 0.1) is 0 Å². The molecule has 1 aliphatic heterocycles. The molecule has 2 aromatic rings. The van der Waals surface area contributed by atoms with Gasteiger partial charge in [-0.25, -0.2) is 0 Å². The molecule has 1 amide bonds. The number of nitrogens with zero attached hydrogens (tertiary/aromatic N) is 1. The topological polar surface area (TPSA) is 32.3 Å². The number of carbonyl (C=O) groups excluding carboxylic acids is 1. The predicted octanol–water partition coefficient (Wildman–Crippen LogP) is 3.89. The van der Waals surface area contributed by atoms with Crippen molar-refractivity contribution in [2.45, 2.75) is 44.7 Å². The summed E-state index contributed by atoms with van der Waals surface area (Å²) in [6.07, 6.45) is 4.31. The number of fused-ring (bicyclic) bond motifs is 1. The van der Waals surface area contributed by atoms with Crippen molar-refractivity contribution < 1.29 is 4.79 Å². The van der Waals surface area contributed by atoms with Crippen molar-refractivity contribution in [2.75, 3.05) is 13.1 Å². The smallest absolute Gasteiger partial charge is 0.223 e. The first kappa shape index (κ1) is 15.6. The SMILES string of the molecule is CC(c1ccc2ccccc2c1)N1CCC(NC(=O)C2CC2)CC1. The molecule has 1 unspecified atom stereocenters. The zero-order valence-electron chi connectivity index (χ0n) is 14.4. The number of piperidine rings is 1. The summed E-state index contributed by atoms with van der Waals surface area (Å²) in [7, 11) is 0. The van der Waals surface area contributed by atoms with Crippen LogP contribution in [0, 0.1) is 5.92 Å². The van der Waals surface area contributed by atoms with Crippen LogP contribution in [0.4, 0.5) is 0 Å². The van der Waals surface area contributed by atoms with Crippen LogP contribution in [0.25, 0.3) is 10.8 Å². The third-order valence-electron chi connectivity index (χ3n) is 5.63. The minimum absolute atomic E-state index is 0.288. The number of carbonyl (C=O) groups is 1. The minimum atomic E-state index is 0.288. The highest BCUT2D eigenvalue weighted by molar-refractivity contribution is 5.83. The van der Waals surface area contributed by atoms with Crippen molar-refractivity contribution in [3.63, 3.8) is 0 Å². The van der Waals surface area contributed by atoms with E-state index in [9.17, 15) is 4.79 Å². The third kappa shape index (κ3) is 3.32. The van der Waals surface area contributed by atoms with Crippen molar-refractivity contribution in [2.24, 2.45) is 5.92 Å². The highest BCUT2D eigenvalue weighted by atomic mass is 16.2. The molecule has 1 saturated heterocycles. The van der Waals surface area contributed by atoms with Crippen LogP contribution in [0.3, 0.4) is 0 Å². The summed E-state index contributed by atoms with van der Waals surface area (Å²) in [4.78, 5) is 14.5. The number of likely N-dealkylation sites (tertiary alicyclic amines) is 1. The maximum atomic E-state index is 11.9. The fraction of sp³-hybridized carbons (Fsp3) is 0.476. The summed E-state index contributed by atoms with van der Waals surface area (Å²) in [5, 5.41) is 5.85. The van der Waals surface area contributed by atoms with E-state index in [0.29, 0.717) is 18.0 Å². The van der Waals surface area contributed by atoms with Crippen molar-refractivity contribution in [3.8, 4) is 0 Å². The minimum Gasteiger partial charge on any atom is -0.353 e. The zero-order chi connectivity index (χ0) is 16.5. The molecule has 3 heteroatoms. The van der Waals surface area contributed by atoms with E-state index >= 15 is 0 Å². The van der Waals surface area contributed by atoms with Crippen molar-refractivity contribution in [1.82, 2.24) is 10.2 Å². The molecule has 0 aromatic heterocycles. The molecule has 1 heterocycles. The first-order valence-electron chi connectivity index (χ1n) is 9.24. The van der Waals surface area contributed by atoms with Crippen LogP contribution in [0.1, 0.15) is 44.2 Å². The summed E-state index contributed by atoms with van der Waals surface area (Å²) in [6.45, 7) is 4.42. The zero-order valence-corrected chi connectivity index (χ0v) is 14.4. The van der Waals surface area contributed by atoms with Gasteiger partial charge in [0.15, 0.2) is 0 Å². The lowest BCUT2D eigenvalue weighted by molar-refractivity contribution is -0.123. The second-order valence-corrected chi connectivity index (χ2v) is 7.38. The molecule has 0 spiro atoms. The number of hydrogen-bond donors (Lipinski definition) is 1. The van der Waals surface area contributed by atoms with Gasteiger partial charge in [-0.3, -0.25) is 9.69 Å². The van der Waals surface area contributed by atoms with Gasteiger partial charge in [0.2, 0.25) is 5.91 Å². The summed E-state index contributed by atoms with van der Waals surface area (Å²) >= 11 is 0. The number of hydrogen-bond acceptors (Lipinski definition) is 2. The maximum Gasteiger partial charge on any atom is 0.223 e. The normalized spacial score (nSPS) is 20.9. The quantitative estimate of drug-likeness (QED) is 0.926. The van der Waals surface area contributed by atoms with Gasteiger partial charge in [-0.2, -0.15) is 0 Å². The highest BCUT2D eigenvalue weighted by Gasteiger charge is 2.32. The fourth-order valence-corrected chi connectivity index (χ4v) is 3.77. The third-order valence-corrected chi connectivity index (χ3v) is 5.63. The molecular formula is C21H26N2O. The van der Waals surface area contributed by atoms with E-state index in [1.807, 2.05) is 0 Å². The Hall–Kier alpha value is -1.87. The van der Waals surface area contributed by atoms with Crippen molar-refractivity contribution >= 4 is 16.7 Å². The summed E-state index contributed by atoms with van der Waals surface area (Å²) in [5.74, 6) is 0.607. The predicted molar refractivity (Wildman–Crippen MR) is 97.8 cm³/mol. The van der Waals surface area contributed by atoms with Gasteiger partial charge in [0.25, 0.3) is 0 Å². The van der Waals surface area contributed by atoms with Crippen LogP contribution in [-0.2, 0) is 4.79 Å². The Labute approximate surface area is 144 Å². The number of benzene rings is 2. The van der Waals surface area contributed by atoms with Crippen molar-refractivity contribution in [1.29, 1.82) is 0 Å². The molecular weight excluding hydrogens is 296 g/mol. The van der Waals surface area contributed by atoms with E-state index in [-0.39, 0.29) is 5.91 Å². The molecule has 4 rings (SSSR count). The molecule has 1 saturated carbocycles. The Kier molecular flexibility index (Phi) is 4.28. The molecule has 2 fully saturated rings. The molecule has 2 aromatic carbocycles. The highest BCUT2D eigenvalue weighted by Crippen LogP contribution is 2.30. The van der Waals surface area contributed by atoms with Gasteiger partial charge >= 0.3 is 0 Å². The summed E-state index contributed by atoms with van der Waals surface area (Å²) < 4.78 is 0. The summed E-state index contributed by atoms with van der Waals surface area (Å²) in [6, 6.07) is 16.1. The molecule has 2 aliphatic rings. The van der Waals surface area contributed by atoms with Gasteiger partial charge in [-0.15, -0.1) is 0 Å². The Morgan fingerprint density at radius 3 is 2.46 bits per heavy atom. The fourth-order valence-electron chi connectivity index (χ4n) is 3.77. The molecule has 1 atom stereocenters. The number of amides is 1. The van der Waals surface area contributed by atoms with Gasteiger partial charge in [0, 0.05) is 31.1 Å². The van der Waals surface area contributed by atoms with Crippen LogP contribution in [0.5, 0.6) is 0 Å². The monoisotopic (exact) mass is 322 g/mol. The van der Waals surface area contributed by atoms with E-state index in [0.717, 1.165) is 38.8 Å². The largest absolute Gasteiger partial charge is 0.353 e. The summed E-state index contributed by atoms with van der Waals surface area (Å²) in [5.41, 5.74) is 1.38. The van der Waals surface area contributed by atoms with E-state index in [1.165, 1.54) is 16.3 Å². The van der Waals surface area contributed by atoms with E-state index in [2.05, 4.69) is 59.6 Å². The van der Waals surface area contributed by atoms with Crippen LogP contribution < -0.4 is 5.32 Å². The molecule has 0 bridgehead atoms. The van der Waals surface area contributed by atoms with Crippen LogP contribution in [0.2, 0.25) is 0 Å². The molecule has 1 N–H and O–H groups in total. The lowest BCUT2D eigenvalue weighted by Crippen LogP contribution is -2.45. The standard InChI is InChI=1S/C21H26N2O/c1-15(18-9-6-16-4-2-3-5-19(16)14-18)23-12-10-20(11-13-23)22-21(24)17-7-8-17/h2-6,9,14-15,17,20H,7-8,10-13H2,1H3,(H,22,24). The van der Waals surface area contributed by atoms with Crippen LogP contribution >= 0.6 is 0 Å². The molecule has 24 heavy (non-hydrogen) atoms. The molecule has 126 valence electrons. The Bertz CT molecular complexity index is 729. The average Bonchev–Trinajstić information content (AvgIpc) is 3.46. The molecule has 0 radical (unpaired) electrons. The van der Waals surface area contributed by atoms with Gasteiger partial charge in [-0.1, -0.05) is 36.4 Å². The van der Waals surface area contributed by atoms with E-state index < -0.39 is 0 Å². The lowest BCUT2D eigenvalue weighted by Gasteiger charge is -2.36. The van der Waals surface area contributed by atoms with E-state index in [1.54, 1.807) is 0 Å². The second-order valence-electron chi connectivity index (χ2n) is 7.38. The first-order chi connectivity index (χ1) is 11.7. The first-order valence-corrected chi connectivity index (χ1v) is 9.24. The van der Waals surface area contributed by atoms with E-state index in [4.69, 9.17) is 0 Å². The molecule has 3 nitrogen and oxygen atoms in total. The lowest BCUT2D eigenvalue weighted by atomic mass is 9.98. The van der Waals surface area contributed by atoms with Crippen molar-refractivity contribution in [3.05, 3.63) is 48.0 Å². The second kappa shape index (κ2) is 6.56. The number of rotatable bonds is 4. The van der Waals surface area contributed by atoms with Gasteiger partial charge < -0.3 is 5.32 Å². The average molecular weight is 322 g/mol. The molecule has 1 aliphatic carbocycles. The Morgan fingerprint density at radius 2 is 1.75 bits per heavy atom. The van der Waals surface area contributed by atoms with Crippen LogP contribution in [0.15, 0.2) is 42.5 Å². The van der Waals surface area contributed by atoms with Gasteiger partial charge in [0.1, 0.15) is 0 Å². The Morgan fingerprint density at radius 1 is 1.04 bits per heavy atom. The van der Waals surface area contributed by atoms with Gasteiger partial charge in [-0.05, 0) is 55.0 Å². The maximum absolute atomic E-state index is 11.9. The number of nitrogens with one attached hydrogen (secondary N) is 1. The van der Waals surface area contributed by atoms with Crippen LogP contribution in [-0.4, -0.2) is 29.9 Å². The Balaban J connectivity index is 1.37.